The van der Waals surface area contributed by atoms with Crippen LogP contribution in [0.2, 0.25) is 0 Å². The minimum Gasteiger partial charge on any atom is -0.412 e. The van der Waals surface area contributed by atoms with Crippen molar-refractivity contribution in [3.05, 3.63) is 18.2 Å². The van der Waals surface area contributed by atoms with Gasteiger partial charge in [0.2, 0.25) is 5.95 Å². The van der Waals surface area contributed by atoms with Crippen LogP contribution in [-0.2, 0) is 0 Å². The van der Waals surface area contributed by atoms with E-state index in [9.17, 15) is 0 Å². The van der Waals surface area contributed by atoms with E-state index >= 15 is 0 Å². The van der Waals surface area contributed by atoms with Crippen LogP contribution in [0, 0.1) is 0 Å². The second-order valence-corrected chi connectivity index (χ2v) is 2.87. The topological polar surface area (TPSA) is 151 Å². The Bertz CT molecular complexity index is 508. The second kappa shape index (κ2) is 6.79. The summed E-state index contributed by atoms with van der Waals surface area (Å²) in [6.07, 6.45) is 0. The number of aromatic amines is 1. The Morgan fingerprint density at radius 3 is 2.47 bits per heavy atom. The lowest BCUT2D eigenvalue weighted by atomic mass is 10.3. The maximum Gasteiger partial charge on any atom is 0.231 e. The van der Waals surface area contributed by atoms with Crippen molar-refractivity contribution in [2.75, 3.05) is 5.73 Å². The molecule has 0 bridgehead atoms. The first-order chi connectivity index (χ1) is 6.65. The van der Waals surface area contributed by atoms with Crippen LogP contribution < -0.4 is 17.2 Å². The predicted molar refractivity (Wildman–Crippen MR) is 74.1 cm³/mol. The lowest BCUT2D eigenvalue weighted by molar-refractivity contribution is 0.824. The van der Waals surface area contributed by atoms with Crippen LogP contribution in [0.25, 0.3) is 11.0 Å². The Morgan fingerprint density at radius 1 is 1.24 bits per heavy atom. The summed E-state index contributed by atoms with van der Waals surface area (Å²) in [6.45, 7) is 0. The number of hydrogen-bond acceptors (Lipinski definition) is 3. The fourth-order valence-electron chi connectivity index (χ4n) is 1.19. The zero-order valence-electron chi connectivity index (χ0n) is 8.68. The first-order valence-corrected chi connectivity index (χ1v) is 4.00. The van der Waals surface area contributed by atoms with Crippen LogP contribution in [-0.4, -0.2) is 21.4 Å². The third-order valence-electron chi connectivity index (χ3n) is 1.73. The molecule has 0 fully saturated rings. The molecule has 0 atom stereocenters. The number of nitrogens with one attached hydrogen (secondary N) is 1. The van der Waals surface area contributed by atoms with Gasteiger partial charge in [0.05, 0.1) is 11.0 Å². The minimum absolute atomic E-state index is 0. The summed E-state index contributed by atoms with van der Waals surface area (Å²) in [5, 5.41) is 0. The highest BCUT2D eigenvalue weighted by molar-refractivity contribution is 5.85. The minimum atomic E-state index is -0.0305. The summed E-state index contributed by atoms with van der Waals surface area (Å²) in [5.74, 6) is 0.350. The molecule has 0 aliphatic heterocycles. The van der Waals surface area contributed by atoms with Crippen molar-refractivity contribution in [1.29, 1.82) is 0 Å². The van der Waals surface area contributed by atoms with E-state index in [-0.39, 0.29) is 36.2 Å². The molecule has 0 amide bonds. The molecule has 0 aliphatic carbocycles. The maximum absolute atomic E-state index is 5.60. The van der Waals surface area contributed by atoms with Gasteiger partial charge >= 0.3 is 0 Å². The molecule has 1 aromatic heterocycles. The number of imidazole rings is 1. The molecule has 9 heteroatoms. The van der Waals surface area contributed by atoms with Gasteiger partial charge in [-0.3, -0.25) is 0 Å². The molecule has 17 heavy (non-hydrogen) atoms. The highest BCUT2D eigenvalue weighted by Crippen LogP contribution is 2.18. The Kier molecular flexibility index (Phi) is 7.07. The first kappa shape index (κ1) is 17.7. The Labute approximate surface area is 110 Å². The zero-order valence-corrected chi connectivity index (χ0v) is 10.3. The van der Waals surface area contributed by atoms with Crippen LogP contribution in [0.4, 0.5) is 11.6 Å². The summed E-state index contributed by atoms with van der Waals surface area (Å²) >= 11 is 0. The summed E-state index contributed by atoms with van der Waals surface area (Å²) in [5.41, 5.74) is 18.3. The number of fused-ring (bicyclic) bond motifs is 1. The van der Waals surface area contributed by atoms with Gasteiger partial charge in [0, 0.05) is 5.69 Å². The van der Waals surface area contributed by atoms with Crippen LogP contribution >= 0.6 is 24.8 Å². The van der Waals surface area contributed by atoms with Crippen LogP contribution in [0.15, 0.2) is 23.2 Å². The fourth-order valence-corrected chi connectivity index (χ4v) is 1.19. The SMILES string of the molecule is Cl.Cl.NC(N)=Nc1nc2ccc(N)cc2[nH]1.O. The van der Waals surface area contributed by atoms with Gasteiger partial charge in [-0.2, -0.15) is 4.99 Å². The van der Waals surface area contributed by atoms with Crippen LogP contribution in [0.3, 0.4) is 0 Å². The van der Waals surface area contributed by atoms with Gasteiger partial charge in [-0.1, -0.05) is 0 Å². The number of rotatable bonds is 1. The number of halogens is 2. The lowest BCUT2D eigenvalue weighted by Crippen LogP contribution is -2.22. The number of nitrogens with two attached hydrogens (primary N) is 3. The molecule has 0 spiro atoms. The van der Waals surface area contributed by atoms with E-state index < -0.39 is 0 Å². The van der Waals surface area contributed by atoms with Gasteiger partial charge in [-0.25, -0.2) is 4.98 Å². The van der Waals surface area contributed by atoms with Crippen molar-refractivity contribution in [3.63, 3.8) is 0 Å². The molecule has 0 aliphatic rings. The van der Waals surface area contributed by atoms with Crippen molar-refractivity contribution in [2.24, 2.45) is 16.5 Å². The van der Waals surface area contributed by atoms with E-state index in [0.717, 1.165) is 11.0 Å². The molecule has 1 aromatic carbocycles. The Hall–Kier alpha value is -1.70. The van der Waals surface area contributed by atoms with Gasteiger partial charge in [0.25, 0.3) is 0 Å². The summed E-state index contributed by atoms with van der Waals surface area (Å²) in [4.78, 5) is 10.9. The molecule has 2 rings (SSSR count). The van der Waals surface area contributed by atoms with Crippen molar-refractivity contribution in [2.45, 2.75) is 0 Å². The third kappa shape index (κ3) is 3.99. The van der Waals surface area contributed by atoms with Gasteiger partial charge in [0.1, 0.15) is 0 Å². The van der Waals surface area contributed by atoms with Gasteiger partial charge in [-0.15, -0.1) is 24.8 Å². The quantitative estimate of drug-likeness (QED) is 0.332. The van der Waals surface area contributed by atoms with Gasteiger partial charge < -0.3 is 27.7 Å². The van der Waals surface area contributed by atoms with E-state index in [1.165, 1.54) is 0 Å². The average molecular weight is 281 g/mol. The molecule has 0 saturated carbocycles. The molecule has 2 aromatic rings. The number of aromatic nitrogens is 2. The van der Waals surface area contributed by atoms with Crippen molar-refractivity contribution in [3.8, 4) is 0 Å². The molecule has 96 valence electrons. The third-order valence-corrected chi connectivity index (χ3v) is 1.73. The fraction of sp³-hybridized carbons (Fsp3) is 0. The smallest absolute Gasteiger partial charge is 0.231 e. The zero-order chi connectivity index (χ0) is 10.1. The highest BCUT2D eigenvalue weighted by Gasteiger charge is 2.01. The molecule has 1 heterocycles. The van der Waals surface area contributed by atoms with E-state index in [1.807, 2.05) is 0 Å². The molecular formula is C8H14Cl2N6O. The Morgan fingerprint density at radius 2 is 1.88 bits per heavy atom. The van der Waals surface area contributed by atoms with Crippen molar-refractivity contribution in [1.82, 2.24) is 9.97 Å². The number of benzene rings is 1. The normalized spacial score (nSPS) is 8.47. The molecule has 0 radical (unpaired) electrons. The first-order valence-electron chi connectivity index (χ1n) is 4.00. The number of H-pyrrole nitrogens is 1. The molecule has 7 nitrogen and oxygen atoms in total. The second-order valence-electron chi connectivity index (χ2n) is 2.87. The van der Waals surface area contributed by atoms with E-state index in [2.05, 4.69) is 15.0 Å². The van der Waals surface area contributed by atoms with Crippen LogP contribution in [0.1, 0.15) is 0 Å². The number of anilines is 1. The summed E-state index contributed by atoms with van der Waals surface area (Å²) in [7, 11) is 0. The standard InChI is InChI=1S/C8H10N6.2ClH.H2O/c9-4-1-2-5-6(3-4)13-8(12-5)14-7(10)11;;;/h1-3H,9H2,(H5,10,11,12,13,14);2*1H;1H2. The number of nitrogens with zero attached hydrogens (tertiary/aromatic N) is 2. The number of guanidine groups is 1. The maximum atomic E-state index is 5.60. The molecule has 0 saturated heterocycles. The molecular weight excluding hydrogens is 267 g/mol. The van der Waals surface area contributed by atoms with Crippen molar-refractivity contribution < 1.29 is 5.48 Å². The van der Waals surface area contributed by atoms with Gasteiger partial charge in [-0.05, 0) is 18.2 Å². The summed E-state index contributed by atoms with van der Waals surface area (Å²) in [6, 6.07) is 5.34. The van der Waals surface area contributed by atoms with E-state index in [1.54, 1.807) is 18.2 Å². The average Bonchev–Trinajstić information content (AvgIpc) is 2.44. The number of hydrogen-bond donors (Lipinski definition) is 4. The lowest BCUT2D eigenvalue weighted by Gasteiger charge is -1.89. The monoisotopic (exact) mass is 280 g/mol. The van der Waals surface area contributed by atoms with Gasteiger partial charge in [0.15, 0.2) is 5.96 Å². The molecule has 0 unspecified atom stereocenters. The predicted octanol–water partition coefficient (Wildman–Crippen LogP) is 0.0689. The largest absolute Gasteiger partial charge is 0.412 e. The van der Waals surface area contributed by atoms with Crippen LogP contribution in [0.5, 0.6) is 0 Å². The summed E-state index contributed by atoms with van der Waals surface area (Å²) < 4.78 is 0. The van der Waals surface area contributed by atoms with Crippen molar-refractivity contribution >= 4 is 53.4 Å². The molecule has 9 N–H and O–H groups in total. The van der Waals surface area contributed by atoms with E-state index in [0.29, 0.717) is 11.6 Å². The Balaban J connectivity index is 0. The highest BCUT2D eigenvalue weighted by atomic mass is 35.5. The number of nitrogen functional groups attached to an aromatic ring is 1. The van der Waals surface area contributed by atoms with E-state index in [4.69, 9.17) is 17.2 Å². The number of aliphatic imine (C=N–C) groups is 1.